The molecule has 0 radical (unpaired) electrons. The van der Waals surface area contributed by atoms with Crippen LogP contribution in [0.25, 0.3) is 0 Å². The molecule has 1 aliphatic rings. The number of methoxy groups -OCH3 is 1. The van der Waals surface area contributed by atoms with Gasteiger partial charge in [-0.25, -0.2) is 9.97 Å². The van der Waals surface area contributed by atoms with Crippen LogP contribution in [-0.2, 0) is 0 Å². The largest absolute Gasteiger partial charge is 0.490 e. The second kappa shape index (κ2) is 4.52. The van der Waals surface area contributed by atoms with Gasteiger partial charge in [0.1, 0.15) is 6.33 Å². The third kappa shape index (κ3) is 1.88. The normalized spacial score (nSPS) is 20.1. The Morgan fingerprint density at radius 1 is 1.62 bits per heavy atom. The van der Waals surface area contributed by atoms with Gasteiger partial charge in [0.05, 0.1) is 7.11 Å². The molecule has 6 nitrogen and oxygen atoms in total. The van der Waals surface area contributed by atoms with Crippen LogP contribution in [0.15, 0.2) is 6.33 Å². The van der Waals surface area contributed by atoms with Crippen molar-refractivity contribution in [1.82, 2.24) is 9.97 Å². The highest BCUT2D eigenvalue weighted by atomic mass is 16.5. The van der Waals surface area contributed by atoms with Crippen molar-refractivity contribution in [3.63, 3.8) is 0 Å². The van der Waals surface area contributed by atoms with Crippen LogP contribution in [0.1, 0.15) is 6.42 Å². The topological polar surface area (TPSA) is 84.5 Å². The van der Waals surface area contributed by atoms with Crippen LogP contribution in [0.2, 0.25) is 0 Å². The van der Waals surface area contributed by atoms with Crippen LogP contribution >= 0.6 is 0 Å². The third-order valence-electron chi connectivity index (χ3n) is 2.86. The van der Waals surface area contributed by atoms with Crippen LogP contribution in [0, 0.1) is 5.92 Å². The van der Waals surface area contributed by atoms with E-state index in [0.717, 1.165) is 19.5 Å². The second-order valence-electron chi connectivity index (χ2n) is 3.90. The first kappa shape index (κ1) is 10.9. The molecule has 2 heterocycles. The number of hydrogen-bond acceptors (Lipinski definition) is 6. The van der Waals surface area contributed by atoms with Gasteiger partial charge in [0, 0.05) is 25.6 Å². The maximum atomic E-state index is 9.10. The van der Waals surface area contributed by atoms with E-state index in [9.17, 15) is 0 Å². The number of nitrogens with zero attached hydrogens (tertiary/aromatic N) is 3. The third-order valence-corrected chi connectivity index (χ3v) is 2.86. The number of nitrogen functional groups attached to an aromatic ring is 1. The van der Waals surface area contributed by atoms with E-state index in [1.807, 2.05) is 0 Å². The van der Waals surface area contributed by atoms with Crippen molar-refractivity contribution in [3.05, 3.63) is 6.33 Å². The number of anilines is 2. The van der Waals surface area contributed by atoms with E-state index in [4.69, 9.17) is 15.6 Å². The van der Waals surface area contributed by atoms with Crippen molar-refractivity contribution < 1.29 is 9.84 Å². The highest BCUT2D eigenvalue weighted by Gasteiger charge is 2.26. The molecule has 2 rings (SSSR count). The van der Waals surface area contributed by atoms with Gasteiger partial charge in [-0.05, 0) is 6.42 Å². The summed E-state index contributed by atoms with van der Waals surface area (Å²) in [7, 11) is 1.55. The molecule has 0 amide bonds. The summed E-state index contributed by atoms with van der Waals surface area (Å²) in [4.78, 5) is 10.1. The first-order valence-corrected chi connectivity index (χ1v) is 5.26. The van der Waals surface area contributed by atoms with Gasteiger partial charge in [-0.15, -0.1) is 0 Å². The molecule has 88 valence electrons. The predicted molar refractivity (Wildman–Crippen MR) is 60.4 cm³/mol. The summed E-state index contributed by atoms with van der Waals surface area (Å²) in [6, 6.07) is 0. The molecule has 1 fully saturated rings. The number of aliphatic hydroxyl groups is 1. The zero-order valence-electron chi connectivity index (χ0n) is 9.26. The van der Waals surface area contributed by atoms with Crippen LogP contribution < -0.4 is 15.4 Å². The highest BCUT2D eigenvalue weighted by Crippen LogP contribution is 2.32. The van der Waals surface area contributed by atoms with Crippen molar-refractivity contribution in [1.29, 1.82) is 0 Å². The van der Waals surface area contributed by atoms with Crippen LogP contribution in [-0.4, -0.2) is 41.9 Å². The lowest BCUT2D eigenvalue weighted by Gasteiger charge is -2.19. The standard InChI is InChI=1S/C10H16N4O2/c1-16-8-9(11)12-6-13-10(8)14-3-2-7(4-14)5-15/h6-7,15H,2-5H2,1H3,(H2,11,12,13). The molecule has 6 heteroatoms. The van der Waals surface area contributed by atoms with Gasteiger partial charge in [-0.1, -0.05) is 0 Å². The number of aromatic nitrogens is 2. The molecule has 1 atom stereocenters. The lowest BCUT2D eigenvalue weighted by molar-refractivity contribution is 0.238. The minimum atomic E-state index is 0.208. The number of rotatable bonds is 3. The molecule has 1 unspecified atom stereocenters. The van der Waals surface area contributed by atoms with Crippen LogP contribution in [0.5, 0.6) is 5.75 Å². The molecule has 0 spiro atoms. The predicted octanol–water partition coefficient (Wildman–Crippen LogP) is -0.114. The minimum Gasteiger partial charge on any atom is -0.490 e. The quantitative estimate of drug-likeness (QED) is 0.745. The van der Waals surface area contributed by atoms with Crippen LogP contribution in [0.4, 0.5) is 11.6 Å². The zero-order valence-corrected chi connectivity index (χ0v) is 9.26. The summed E-state index contributed by atoms with van der Waals surface area (Å²) in [6.45, 7) is 1.85. The molecular weight excluding hydrogens is 208 g/mol. The van der Waals surface area contributed by atoms with Gasteiger partial charge in [0.2, 0.25) is 5.75 Å². The molecular formula is C10H16N4O2. The molecule has 1 saturated heterocycles. The maximum Gasteiger partial charge on any atom is 0.204 e. The van der Waals surface area contributed by atoms with E-state index in [2.05, 4.69) is 14.9 Å². The summed E-state index contributed by atoms with van der Waals surface area (Å²) in [5, 5.41) is 9.10. The fourth-order valence-electron chi connectivity index (χ4n) is 1.97. The van der Waals surface area contributed by atoms with Gasteiger partial charge >= 0.3 is 0 Å². The monoisotopic (exact) mass is 224 g/mol. The van der Waals surface area contributed by atoms with E-state index < -0.39 is 0 Å². The van der Waals surface area contributed by atoms with E-state index >= 15 is 0 Å². The fourth-order valence-corrected chi connectivity index (χ4v) is 1.97. The molecule has 1 aromatic rings. The highest BCUT2D eigenvalue weighted by molar-refractivity contribution is 5.63. The van der Waals surface area contributed by atoms with Crippen molar-refractivity contribution >= 4 is 11.6 Å². The molecule has 1 aliphatic heterocycles. The Hall–Kier alpha value is -1.56. The fraction of sp³-hybridized carbons (Fsp3) is 0.600. The van der Waals surface area contributed by atoms with E-state index in [1.165, 1.54) is 6.33 Å². The van der Waals surface area contributed by atoms with E-state index in [1.54, 1.807) is 7.11 Å². The molecule has 0 aromatic carbocycles. The Kier molecular flexibility index (Phi) is 3.09. The first-order valence-electron chi connectivity index (χ1n) is 5.26. The SMILES string of the molecule is COc1c(N)ncnc1N1CCC(CO)C1. The van der Waals surface area contributed by atoms with Crippen molar-refractivity contribution in [2.45, 2.75) is 6.42 Å². The summed E-state index contributed by atoms with van der Waals surface area (Å²) in [6.07, 6.45) is 2.39. The molecule has 3 N–H and O–H groups in total. The Morgan fingerprint density at radius 3 is 3.06 bits per heavy atom. The van der Waals surface area contributed by atoms with Crippen LogP contribution in [0.3, 0.4) is 0 Å². The van der Waals surface area contributed by atoms with Crippen molar-refractivity contribution in [3.8, 4) is 5.75 Å². The Morgan fingerprint density at radius 2 is 2.44 bits per heavy atom. The zero-order chi connectivity index (χ0) is 11.5. The van der Waals surface area contributed by atoms with Gasteiger partial charge in [-0.3, -0.25) is 0 Å². The summed E-state index contributed by atoms with van der Waals surface area (Å²) < 4.78 is 5.20. The molecule has 0 bridgehead atoms. The lowest BCUT2D eigenvalue weighted by atomic mass is 10.1. The van der Waals surface area contributed by atoms with Crippen molar-refractivity contribution in [2.24, 2.45) is 5.92 Å². The summed E-state index contributed by atoms with van der Waals surface area (Å²) in [5.41, 5.74) is 5.71. The van der Waals surface area contributed by atoms with Gasteiger partial charge in [0.25, 0.3) is 0 Å². The number of ether oxygens (including phenoxy) is 1. The van der Waals surface area contributed by atoms with Crippen molar-refractivity contribution in [2.75, 3.05) is 37.4 Å². The van der Waals surface area contributed by atoms with Gasteiger partial charge in [-0.2, -0.15) is 0 Å². The maximum absolute atomic E-state index is 9.10. The molecule has 16 heavy (non-hydrogen) atoms. The number of aliphatic hydroxyl groups excluding tert-OH is 1. The number of nitrogens with two attached hydrogens (primary N) is 1. The second-order valence-corrected chi connectivity index (χ2v) is 3.90. The smallest absolute Gasteiger partial charge is 0.204 e. The Balaban J connectivity index is 2.24. The first-order chi connectivity index (χ1) is 7.76. The van der Waals surface area contributed by atoms with Gasteiger partial charge in [0.15, 0.2) is 11.6 Å². The summed E-state index contributed by atoms with van der Waals surface area (Å²) in [5.74, 6) is 1.88. The van der Waals surface area contributed by atoms with E-state index in [-0.39, 0.29) is 6.61 Å². The van der Waals surface area contributed by atoms with E-state index in [0.29, 0.717) is 23.3 Å². The number of hydrogen-bond donors (Lipinski definition) is 2. The lowest BCUT2D eigenvalue weighted by Crippen LogP contribution is -2.22. The minimum absolute atomic E-state index is 0.208. The molecule has 1 aromatic heterocycles. The van der Waals surface area contributed by atoms with Gasteiger partial charge < -0.3 is 20.5 Å². The Bertz CT molecular complexity index is 372. The molecule has 0 aliphatic carbocycles. The summed E-state index contributed by atoms with van der Waals surface area (Å²) >= 11 is 0. The average Bonchev–Trinajstić information content (AvgIpc) is 2.77. The average molecular weight is 224 g/mol. The molecule has 0 saturated carbocycles. The Labute approximate surface area is 94.1 Å².